The van der Waals surface area contributed by atoms with Crippen LogP contribution in [0.1, 0.15) is 24.9 Å². The molecule has 0 aliphatic heterocycles. The number of phenols is 1. The number of benzene rings is 1. The fourth-order valence-electron chi connectivity index (χ4n) is 1.87. The monoisotopic (exact) mass is 282 g/mol. The van der Waals surface area contributed by atoms with Crippen molar-refractivity contribution in [2.75, 3.05) is 19.1 Å². The largest absolute Gasteiger partial charge is 0.508 e. The Hall–Kier alpha value is -1.20. The van der Waals surface area contributed by atoms with E-state index in [1.54, 1.807) is 35.8 Å². The molecule has 0 heterocycles. The predicted molar refractivity (Wildman–Crippen MR) is 80.3 cm³/mol. The van der Waals surface area contributed by atoms with E-state index in [1.807, 2.05) is 25.3 Å². The molecule has 1 rings (SSSR count). The van der Waals surface area contributed by atoms with Gasteiger partial charge in [-0.25, -0.2) is 0 Å². The van der Waals surface area contributed by atoms with Gasteiger partial charge < -0.3 is 15.7 Å². The molecule has 0 saturated heterocycles. The van der Waals surface area contributed by atoms with E-state index in [4.69, 9.17) is 5.73 Å². The van der Waals surface area contributed by atoms with E-state index < -0.39 is 6.04 Å². The topological polar surface area (TPSA) is 66.6 Å². The normalized spacial score (nSPS) is 13.9. The first-order valence-electron chi connectivity index (χ1n) is 6.28. The van der Waals surface area contributed by atoms with Crippen molar-refractivity contribution in [3.05, 3.63) is 29.8 Å². The number of phenolic OH excluding ortho intramolecular Hbond substituents is 1. The lowest BCUT2D eigenvalue weighted by Gasteiger charge is -2.28. The van der Waals surface area contributed by atoms with Crippen LogP contribution in [0.15, 0.2) is 24.3 Å². The molecule has 0 aliphatic rings. The van der Waals surface area contributed by atoms with E-state index in [2.05, 4.69) is 0 Å². The summed E-state index contributed by atoms with van der Waals surface area (Å²) in [5, 5.41) is 9.82. The van der Waals surface area contributed by atoms with Crippen LogP contribution in [0, 0.1) is 0 Å². The Labute approximate surface area is 119 Å². The molecule has 0 aromatic heterocycles. The van der Waals surface area contributed by atoms with Crippen molar-refractivity contribution in [1.82, 2.24) is 4.90 Å². The van der Waals surface area contributed by atoms with Crippen LogP contribution < -0.4 is 5.73 Å². The highest BCUT2D eigenvalue weighted by Crippen LogP contribution is 2.27. The van der Waals surface area contributed by atoms with E-state index in [9.17, 15) is 9.90 Å². The highest BCUT2D eigenvalue weighted by Gasteiger charge is 2.23. The number of rotatable bonds is 6. The minimum atomic E-state index is -0.481. The molecule has 0 fully saturated rings. The van der Waals surface area contributed by atoms with E-state index in [0.717, 1.165) is 11.3 Å². The quantitative estimate of drug-likeness (QED) is 0.837. The van der Waals surface area contributed by atoms with E-state index in [0.29, 0.717) is 6.42 Å². The lowest BCUT2D eigenvalue weighted by molar-refractivity contribution is -0.133. The smallest absolute Gasteiger partial charge is 0.239 e. The van der Waals surface area contributed by atoms with Crippen molar-refractivity contribution in [1.29, 1.82) is 0 Å². The maximum Gasteiger partial charge on any atom is 0.239 e. The fourth-order valence-corrected chi connectivity index (χ4v) is 2.36. The van der Waals surface area contributed by atoms with Gasteiger partial charge in [-0.1, -0.05) is 18.2 Å². The first kappa shape index (κ1) is 15.9. The molecule has 106 valence electrons. The van der Waals surface area contributed by atoms with Crippen molar-refractivity contribution < 1.29 is 9.90 Å². The minimum absolute atomic E-state index is 0.0928. The van der Waals surface area contributed by atoms with Crippen LogP contribution in [-0.2, 0) is 4.79 Å². The molecule has 3 N–H and O–H groups in total. The number of hydrogen-bond acceptors (Lipinski definition) is 4. The van der Waals surface area contributed by atoms with Gasteiger partial charge in [0.25, 0.3) is 0 Å². The van der Waals surface area contributed by atoms with Crippen molar-refractivity contribution in [3.63, 3.8) is 0 Å². The van der Waals surface area contributed by atoms with E-state index in [1.165, 1.54) is 0 Å². The summed E-state index contributed by atoms with van der Waals surface area (Å²) in [6, 6.07) is 6.36. The van der Waals surface area contributed by atoms with Gasteiger partial charge in [0.2, 0.25) is 5.91 Å². The van der Waals surface area contributed by atoms with Gasteiger partial charge in [-0.2, -0.15) is 11.8 Å². The van der Waals surface area contributed by atoms with Crippen LogP contribution in [-0.4, -0.2) is 41.0 Å². The van der Waals surface area contributed by atoms with Gasteiger partial charge in [0.1, 0.15) is 5.75 Å². The lowest BCUT2D eigenvalue weighted by atomic mass is 10.1. The third-order valence-electron chi connectivity index (χ3n) is 3.27. The zero-order valence-electron chi connectivity index (χ0n) is 11.7. The molecule has 1 aromatic rings. The van der Waals surface area contributed by atoms with Crippen LogP contribution in [0.2, 0.25) is 0 Å². The molecule has 2 atom stereocenters. The second-order valence-electron chi connectivity index (χ2n) is 4.57. The second-order valence-corrected chi connectivity index (χ2v) is 5.56. The third-order valence-corrected chi connectivity index (χ3v) is 3.91. The Kier molecular flexibility index (Phi) is 6.18. The number of carbonyl (C=O) groups excluding carboxylic acids is 1. The molecule has 4 nitrogen and oxygen atoms in total. The van der Waals surface area contributed by atoms with Gasteiger partial charge in [0.05, 0.1) is 12.1 Å². The zero-order chi connectivity index (χ0) is 14.4. The number of amides is 1. The summed E-state index contributed by atoms with van der Waals surface area (Å²) in [5.41, 5.74) is 6.62. The molecule has 0 bridgehead atoms. The van der Waals surface area contributed by atoms with Crippen LogP contribution in [0.25, 0.3) is 0 Å². The van der Waals surface area contributed by atoms with Gasteiger partial charge >= 0.3 is 0 Å². The fraction of sp³-hybridized carbons (Fsp3) is 0.500. The second kappa shape index (κ2) is 7.40. The number of nitrogens with zero attached hydrogens (tertiary/aromatic N) is 1. The predicted octanol–water partition coefficient (Wildman–Crippen LogP) is 1.99. The number of para-hydroxylation sites is 1. The van der Waals surface area contributed by atoms with Crippen molar-refractivity contribution in [2.24, 2.45) is 5.73 Å². The summed E-state index contributed by atoms with van der Waals surface area (Å²) in [6.07, 6.45) is 2.66. The number of thioether (sulfide) groups is 1. The first-order chi connectivity index (χ1) is 8.99. The Balaban J connectivity index is 2.74. The molecular weight excluding hydrogens is 260 g/mol. The number of carbonyl (C=O) groups is 1. The summed E-state index contributed by atoms with van der Waals surface area (Å²) in [6.45, 7) is 1.88. The number of nitrogens with two attached hydrogens (primary N) is 1. The molecule has 1 unspecified atom stereocenters. The standard InChI is InChI=1S/C14H22N2O2S/c1-10(11-6-4-5-7-13(11)17)16(2)14(18)12(15)8-9-19-3/h4-7,10,12,17H,8-9,15H2,1-3H3/t10?,12-/m1/s1. The molecule has 1 aromatic carbocycles. The average Bonchev–Trinajstić information content (AvgIpc) is 2.42. The molecule has 5 heteroatoms. The van der Waals surface area contributed by atoms with Gasteiger partial charge in [-0.15, -0.1) is 0 Å². The van der Waals surface area contributed by atoms with Crippen LogP contribution in [0.3, 0.4) is 0 Å². The summed E-state index contributed by atoms with van der Waals surface area (Å²) in [7, 11) is 1.72. The maximum absolute atomic E-state index is 12.2. The number of likely N-dealkylation sites (N-methyl/N-ethyl adjacent to an activating group) is 1. The zero-order valence-corrected chi connectivity index (χ0v) is 12.5. The highest BCUT2D eigenvalue weighted by atomic mass is 32.2. The average molecular weight is 282 g/mol. The van der Waals surface area contributed by atoms with E-state index in [-0.39, 0.29) is 17.7 Å². The summed E-state index contributed by atoms with van der Waals surface area (Å²) in [5.74, 6) is 0.975. The van der Waals surface area contributed by atoms with Gasteiger partial charge in [0.15, 0.2) is 0 Å². The molecule has 0 radical (unpaired) electrons. The molecule has 1 amide bonds. The molecule has 19 heavy (non-hydrogen) atoms. The Morgan fingerprint density at radius 2 is 2.11 bits per heavy atom. The first-order valence-corrected chi connectivity index (χ1v) is 7.67. The molecular formula is C14H22N2O2S. The van der Waals surface area contributed by atoms with Crippen LogP contribution >= 0.6 is 11.8 Å². The van der Waals surface area contributed by atoms with Crippen LogP contribution in [0.4, 0.5) is 0 Å². The maximum atomic E-state index is 12.2. The number of hydrogen-bond donors (Lipinski definition) is 2. The molecule has 0 spiro atoms. The molecule has 0 saturated carbocycles. The molecule has 0 aliphatic carbocycles. The summed E-state index contributed by atoms with van der Waals surface area (Å²) >= 11 is 1.68. The summed E-state index contributed by atoms with van der Waals surface area (Å²) in [4.78, 5) is 13.8. The lowest BCUT2D eigenvalue weighted by Crippen LogP contribution is -2.43. The SMILES string of the molecule is CSCC[C@@H](N)C(=O)N(C)C(C)c1ccccc1O. The Bertz CT molecular complexity index is 426. The highest BCUT2D eigenvalue weighted by molar-refractivity contribution is 7.98. The Morgan fingerprint density at radius 3 is 2.68 bits per heavy atom. The van der Waals surface area contributed by atoms with Crippen molar-refractivity contribution in [2.45, 2.75) is 25.4 Å². The minimum Gasteiger partial charge on any atom is -0.508 e. The van der Waals surface area contributed by atoms with Gasteiger partial charge in [0, 0.05) is 12.6 Å². The number of aromatic hydroxyl groups is 1. The third kappa shape index (κ3) is 4.14. The van der Waals surface area contributed by atoms with Crippen molar-refractivity contribution in [3.8, 4) is 5.75 Å². The van der Waals surface area contributed by atoms with Gasteiger partial charge in [-0.05, 0) is 31.4 Å². The summed E-state index contributed by atoms with van der Waals surface area (Å²) < 4.78 is 0. The van der Waals surface area contributed by atoms with Gasteiger partial charge in [-0.3, -0.25) is 4.79 Å². The van der Waals surface area contributed by atoms with E-state index >= 15 is 0 Å². The van der Waals surface area contributed by atoms with Crippen molar-refractivity contribution >= 4 is 17.7 Å². The van der Waals surface area contributed by atoms with Crippen LogP contribution in [0.5, 0.6) is 5.75 Å². The Morgan fingerprint density at radius 1 is 1.47 bits per heavy atom.